The Hall–Kier alpha value is -2.94. The molecule has 0 radical (unpaired) electrons. The van der Waals surface area contributed by atoms with E-state index in [1.807, 2.05) is 17.8 Å². The van der Waals surface area contributed by atoms with E-state index in [1.54, 1.807) is 30.3 Å². The lowest BCUT2D eigenvalue weighted by molar-refractivity contribution is -0.121. The fourth-order valence-electron chi connectivity index (χ4n) is 4.25. The van der Waals surface area contributed by atoms with Gasteiger partial charge in [-0.15, -0.1) is 0 Å². The van der Waals surface area contributed by atoms with Gasteiger partial charge in [-0.05, 0) is 42.5 Å². The van der Waals surface area contributed by atoms with Gasteiger partial charge in [0.05, 0.1) is 12.1 Å². The summed E-state index contributed by atoms with van der Waals surface area (Å²) in [6, 6.07) is 10.7. The van der Waals surface area contributed by atoms with Gasteiger partial charge < -0.3 is 26.4 Å². The molecule has 2 fully saturated rings. The summed E-state index contributed by atoms with van der Waals surface area (Å²) in [6.45, 7) is 0.718. The number of phenols is 1. The molecule has 2 saturated heterocycles. The number of carbonyl (C=O) groups is 3. The van der Waals surface area contributed by atoms with Crippen LogP contribution in [-0.4, -0.2) is 59.1 Å². The highest BCUT2D eigenvalue weighted by molar-refractivity contribution is 8.00. The number of amides is 4. The summed E-state index contributed by atoms with van der Waals surface area (Å²) in [5.74, 6) is 0.895. The quantitative estimate of drug-likeness (QED) is 0.293. The fourth-order valence-corrected chi connectivity index (χ4v) is 5.79. The molecule has 0 aromatic heterocycles. The Kier molecular flexibility index (Phi) is 7.04. The van der Waals surface area contributed by atoms with Crippen molar-refractivity contribution in [1.82, 2.24) is 21.3 Å². The monoisotopic (exact) mass is 456 g/mol. The number of thioether (sulfide) groups is 1. The second-order valence-electron chi connectivity index (χ2n) is 8.19. The Labute approximate surface area is 190 Å². The van der Waals surface area contributed by atoms with E-state index in [4.69, 9.17) is 0 Å². The molecule has 2 aliphatic rings. The molecule has 2 aromatic carbocycles. The van der Waals surface area contributed by atoms with Gasteiger partial charge >= 0.3 is 6.03 Å². The predicted molar refractivity (Wildman–Crippen MR) is 125 cm³/mol. The highest BCUT2D eigenvalue weighted by Crippen LogP contribution is 2.33. The van der Waals surface area contributed by atoms with Crippen LogP contribution in [0.25, 0.3) is 10.8 Å². The van der Waals surface area contributed by atoms with Gasteiger partial charge in [0.1, 0.15) is 5.75 Å². The number of nitrogens with one attached hydrogen (secondary N) is 4. The summed E-state index contributed by atoms with van der Waals surface area (Å²) in [5.41, 5.74) is 0.509. The number of hydrogen-bond acceptors (Lipinski definition) is 5. The Morgan fingerprint density at radius 3 is 2.81 bits per heavy atom. The van der Waals surface area contributed by atoms with Crippen molar-refractivity contribution in [2.45, 2.75) is 43.0 Å². The number of unbranched alkanes of at least 4 members (excludes halogenated alkanes) is 1. The van der Waals surface area contributed by atoms with Crippen LogP contribution < -0.4 is 21.3 Å². The first kappa shape index (κ1) is 22.3. The smallest absolute Gasteiger partial charge is 0.315 e. The van der Waals surface area contributed by atoms with Crippen LogP contribution in [-0.2, 0) is 4.79 Å². The molecule has 0 unspecified atom stereocenters. The van der Waals surface area contributed by atoms with Crippen molar-refractivity contribution in [2.75, 3.05) is 18.8 Å². The zero-order valence-electron chi connectivity index (χ0n) is 17.7. The minimum atomic E-state index is -0.217. The number of phenolic OH excluding ortho intramolecular Hbond substituents is 1. The molecule has 3 atom stereocenters. The van der Waals surface area contributed by atoms with Crippen LogP contribution in [0.15, 0.2) is 36.4 Å². The normalized spacial score (nSPS) is 21.6. The average molecular weight is 457 g/mol. The molecule has 2 heterocycles. The predicted octanol–water partition coefficient (Wildman–Crippen LogP) is 2.12. The zero-order valence-corrected chi connectivity index (χ0v) is 18.5. The average Bonchev–Trinajstić information content (AvgIpc) is 3.33. The number of urea groups is 1. The highest BCUT2D eigenvalue weighted by atomic mass is 32.2. The minimum Gasteiger partial charge on any atom is -0.507 e. The van der Waals surface area contributed by atoms with Crippen LogP contribution >= 0.6 is 11.8 Å². The molecule has 4 amide bonds. The van der Waals surface area contributed by atoms with Crippen molar-refractivity contribution in [2.24, 2.45) is 0 Å². The first-order chi connectivity index (χ1) is 15.5. The minimum absolute atomic E-state index is 0.0202. The van der Waals surface area contributed by atoms with Gasteiger partial charge in [-0.1, -0.05) is 18.6 Å². The van der Waals surface area contributed by atoms with Crippen molar-refractivity contribution in [3.05, 3.63) is 42.0 Å². The van der Waals surface area contributed by atoms with E-state index in [2.05, 4.69) is 21.3 Å². The summed E-state index contributed by atoms with van der Waals surface area (Å²) in [6.07, 6.45) is 3.19. The Bertz CT molecular complexity index is 1010. The lowest BCUT2D eigenvalue weighted by Gasteiger charge is -2.16. The van der Waals surface area contributed by atoms with Crippen LogP contribution in [0.2, 0.25) is 0 Å². The molecule has 0 bridgehead atoms. The number of aromatic hydroxyl groups is 1. The third-order valence-electron chi connectivity index (χ3n) is 5.93. The lowest BCUT2D eigenvalue weighted by atomic mass is 10.0. The van der Waals surface area contributed by atoms with Crippen molar-refractivity contribution >= 4 is 40.4 Å². The van der Waals surface area contributed by atoms with Gasteiger partial charge in [0, 0.05) is 41.5 Å². The van der Waals surface area contributed by atoms with Crippen LogP contribution in [0.3, 0.4) is 0 Å². The molecule has 4 rings (SSSR count). The van der Waals surface area contributed by atoms with Gasteiger partial charge in [0.2, 0.25) is 5.91 Å². The van der Waals surface area contributed by atoms with E-state index in [-0.39, 0.29) is 35.7 Å². The van der Waals surface area contributed by atoms with Gasteiger partial charge in [0.15, 0.2) is 0 Å². The van der Waals surface area contributed by atoms with Crippen LogP contribution in [0.5, 0.6) is 5.75 Å². The van der Waals surface area contributed by atoms with E-state index >= 15 is 0 Å². The zero-order chi connectivity index (χ0) is 22.5. The Balaban J connectivity index is 1.10. The third kappa shape index (κ3) is 5.27. The van der Waals surface area contributed by atoms with Crippen molar-refractivity contribution < 1.29 is 19.5 Å². The van der Waals surface area contributed by atoms with Crippen LogP contribution in [0.4, 0.5) is 4.79 Å². The van der Waals surface area contributed by atoms with E-state index in [9.17, 15) is 19.5 Å². The SMILES string of the molecule is O=C(CCCC[C@@H]1SC[C@@H]2NC(=O)N[C@@H]21)NCCNC(=O)c1ccc2c(O)cccc2c1. The van der Waals surface area contributed by atoms with E-state index in [0.717, 1.165) is 30.4 Å². The third-order valence-corrected chi connectivity index (χ3v) is 7.44. The number of hydrogen-bond donors (Lipinski definition) is 5. The van der Waals surface area contributed by atoms with E-state index in [0.29, 0.717) is 35.7 Å². The second-order valence-corrected chi connectivity index (χ2v) is 9.46. The van der Waals surface area contributed by atoms with Gasteiger partial charge in [-0.2, -0.15) is 11.8 Å². The van der Waals surface area contributed by atoms with Crippen LogP contribution in [0, 0.1) is 0 Å². The molecule has 8 nitrogen and oxygen atoms in total. The largest absolute Gasteiger partial charge is 0.507 e. The first-order valence-electron chi connectivity index (χ1n) is 11.0. The molecule has 5 N–H and O–H groups in total. The summed E-state index contributed by atoms with van der Waals surface area (Å²) in [5, 5.41) is 23.3. The number of fused-ring (bicyclic) bond motifs is 2. The maximum Gasteiger partial charge on any atom is 0.315 e. The van der Waals surface area contributed by atoms with Gasteiger partial charge in [0.25, 0.3) is 5.91 Å². The Morgan fingerprint density at radius 1 is 1.09 bits per heavy atom. The second kappa shape index (κ2) is 10.1. The van der Waals surface area contributed by atoms with E-state index < -0.39 is 0 Å². The fraction of sp³-hybridized carbons (Fsp3) is 0.435. The molecule has 2 aromatic rings. The molecule has 0 spiro atoms. The topological polar surface area (TPSA) is 120 Å². The number of benzene rings is 2. The van der Waals surface area contributed by atoms with E-state index in [1.165, 1.54) is 0 Å². The Morgan fingerprint density at radius 2 is 1.94 bits per heavy atom. The summed E-state index contributed by atoms with van der Waals surface area (Å²) in [7, 11) is 0. The van der Waals surface area contributed by atoms with Gasteiger partial charge in [-0.3, -0.25) is 9.59 Å². The highest BCUT2D eigenvalue weighted by Gasteiger charge is 2.42. The first-order valence-corrected chi connectivity index (χ1v) is 12.0. The molecule has 0 saturated carbocycles. The van der Waals surface area contributed by atoms with Crippen LogP contribution in [0.1, 0.15) is 36.0 Å². The van der Waals surface area contributed by atoms with Crippen molar-refractivity contribution in [1.29, 1.82) is 0 Å². The molecule has 9 heteroatoms. The summed E-state index contributed by atoms with van der Waals surface area (Å²) in [4.78, 5) is 35.8. The molecular formula is C23H28N4O4S. The van der Waals surface area contributed by atoms with Crippen molar-refractivity contribution in [3.8, 4) is 5.75 Å². The molecular weight excluding hydrogens is 428 g/mol. The standard InChI is InChI=1S/C23H28N4O4S/c28-18-5-3-4-14-12-15(8-9-16(14)18)22(30)25-11-10-24-20(29)7-2-1-6-19-21-17(13-32-19)26-23(31)27-21/h3-5,8-9,12,17,19,21,28H,1-2,6-7,10-11,13H2,(H,24,29)(H,25,30)(H2,26,27,31)/t17-,19-,21-/m0/s1. The lowest BCUT2D eigenvalue weighted by Crippen LogP contribution is -2.36. The summed E-state index contributed by atoms with van der Waals surface area (Å²) < 4.78 is 0. The maximum absolute atomic E-state index is 12.3. The molecule has 170 valence electrons. The molecule has 32 heavy (non-hydrogen) atoms. The molecule has 2 aliphatic heterocycles. The number of rotatable bonds is 9. The number of carbonyl (C=O) groups excluding carboxylic acids is 3. The van der Waals surface area contributed by atoms with Gasteiger partial charge in [-0.25, -0.2) is 4.79 Å². The maximum atomic E-state index is 12.3. The molecule has 0 aliphatic carbocycles. The van der Waals surface area contributed by atoms with Crippen molar-refractivity contribution in [3.63, 3.8) is 0 Å². The summed E-state index contributed by atoms with van der Waals surface area (Å²) >= 11 is 1.88.